The van der Waals surface area contributed by atoms with E-state index >= 15 is 0 Å². The van der Waals surface area contributed by atoms with Crippen molar-refractivity contribution < 1.29 is 8.98 Å². The van der Waals surface area contributed by atoms with Crippen LogP contribution in [-0.2, 0) is 13.5 Å². The summed E-state index contributed by atoms with van der Waals surface area (Å²) >= 11 is 0. The Morgan fingerprint density at radius 2 is 1.66 bits per heavy atom. The Labute approximate surface area is 171 Å². The van der Waals surface area contributed by atoms with Crippen LogP contribution in [0.2, 0.25) is 0 Å². The van der Waals surface area contributed by atoms with Crippen molar-refractivity contribution in [2.75, 3.05) is 0 Å². The first-order valence-electron chi connectivity index (χ1n) is 10.3. The van der Waals surface area contributed by atoms with Crippen LogP contribution >= 0.6 is 0 Å². The van der Waals surface area contributed by atoms with Gasteiger partial charge in [-0.3, -0.25) is 0 Å². The minimum atomic E-state index is 0.631. The predicted molar refractivity (Wildman–Crippen MR) is 121 cm³/mol. The average Bonchev–Trinajstić information content (AvgIpc) is 3.05. The second kappa shape index (κ2) is 6.73. The average molecular weight is 381 g/mol. The summed E-state index contributed by atoms with van der Waals surface area (Å²) < 4.78 is 8.69. The van der Waals surface area contributed by atoms with Gasteiger partial charge in [0.2, 0.25) is 5.69 Å². The quantitative estimate of drug-likeness (QED) is 0.317. The molecule has 3 aromatic carbocycles. The van der Waals surface area contributed by atoms with E-state index in [4.69, 9.17) is 4.42 Å². The molecule has 5 rings (SSSR count). The zero-order chi connectivity index (χ0) is 20.1. The zero-order valence-electron chi connectivity index (χ0n) is 17.5. The Bertz CT molecular complexity index is 1370. The highest BCUT2D eigenvalue weighted by atomic mass is 16.3. The Hall–Kier alpha value is -3.13. The number of aryl methyl sites for hydroxylation is 2. The molecule has 0 bridgehead atoms. The van der Waals surface area contributed by atoms with Crippen molar-refractivity contribution in [2.45, 2.75) is 27.2 Å². The number of benzene rings is 3. The third-order valence-electron chi connectivity index (χ3n) is 5.83. The minimum absolute atomic E-state index is 0.631. The Morgan fingerprint density at radius 1 is 0.897 bits per heavy atom. The highest BCUT2D eigenvalue weighted by molar-refractivity contribution is 6.13. The van der Waals surface area contributed by atoms with Crippen molar-refractivity contribution in [3.05, 3.63) is 78.0 Å². The highest BCUT2D eigenvalue weighted by Gasteiger charge is 2.21. The monoisotopic (exact) mass is 380 g/mol. The van der Waals surface area contributed by atoms with E-state index in [0.29, 0.717) is 5.92 Å². The molecule has 2 aromatic heterocycles. The number of nitrogens with zero attached hydrogens (tertiary/aromatic N) is 1. The van der Waals surface area contributed by atoms with Gasteiger partial charge in [0.1, 0.15) is 18.2 Å². The molecule has 0 radical (unpaired) electrons. The van der Waals surface area contributed by atoms with Crippen LogP contribution in [0.15, 0.2) is 71.3 Å². The second-order valence-electron chi connectivity index (χ2n) is 8.56. The molecule has 0 amide bonds. The largest absolute Gasteiger partial charge is 0.455 e. The van der Waals surface area contributed by atoms with E-state index in [-0.39, 0.29) is 0 Å². The van der Waals surface area contributed by atoms with Gasteiger partial charge in [0.25, 0.3) is 0 Å². The van der Waals surface area contributed by atoms with Crippen LogP contribution < -0.4 is 4.57 Å². The predicted octanol–water partition coefficient (Wildman–Crippen LogP) is 6.74. The third kappa shape index (κ3) is 3.00. The lowest BCUT2D eigenvalue weighted by Crippen LogP contribution is -2.31. The standard InChI is InChI=1S/C27H26NO/c1-17(2)13-19-11-12-28(4)24(14-19)26-18(3)9-10-22-23-15-20-7-5-6-8-21(20)16-25(23)29-27(22)26/h5-12,14-17H,13H2,1-4H3/q+1. The molecule has 0 aliphatic heterocycles. The van der Waals surface area contributed by atoms with Crippen LogP contribution in [-0.4, -0.2) is 0 Å². The van der Waals surface area contributed by atoms with Gasteiger partial charge in [-0.15, -0.1) is 0 Å². The molecule has 2 nitrogen and oxygen atoms in total. The van der Waals surface area contributed by atoms with E-state index in [9.17, 15) is 0 Å². The first-order chi connectivity index (χ1) is 14.0. The van der Waals surface area contributed by atoms with Gasteiger partial charge in [0, 0.05) is 22.9 Å². The fraction of sp³-hybridized carbons (Fsp3) is 0.222. The Morgan fingerprint density at radius 3 is 2.41 bits per heavy atom. The molecule has 0 saturated carbocycles. The van der Waals surface area contributed by atoms with Crippen LogP contribution in [0.3, 0.4) is 0 Å². The van der Waals surface area contributed by atoms with Crippen molar-refractivity contribution in [1.29, 1.82) is 0 Å². The molecular weight excluding hydrogens is 354 g/mol. The van der Waals surface area contributed by atoms with Crippen molar-refractivity contribution in [2.24, 2.45) is 13.0 Å². The molecule has 0 unspecified atom stereocenters. The van der Waals surface area contributed by atoms with E-state index < -0.39 is 0 Å². The van der Waals surface area contributed by atoms with Gasteiger partial charge in [-0.1, -0.05) is 50.2 Å². The smallest absolute Gasteiger partial charge is 0.216 e. The normalized spacial score (nSPS) is 11.9. The molecule has 29 heavy (non-hydrogen) atoms. The minimum Gasteiger partial charge on any atom is -0.455 e. The number of rotatable bonds is 3. The molecule has 5 aromatic rings. The number of hydrogen-bond donors (Lipinski definition) is 0. The van der Waals surface area contributed by atoms with Gasteiger partial charge < -0.3 is 4.42 Å². The van der Waals surface area contributed by atoms with Crippen LogP contribution in [0.25, 0.3) is 44.0 Å². The van der Waals surface area contributed by atoms with Gasteiger partial charge in [0.05, 0.1) is 5.56 Å². The summed E-state index contributed by atoms with van der Waals surface area (Å²) in [5.74, 6) is 0.631. The maximum atomic E-state index is 6.49. The van der Waals surface area contributed by atoms with Crippen molar-refractivity contribution in [3.8, 4) is 11.3 Å². The number of pyridine rings is 1. The first kappa shape index (κ1) is 17.9. The fourth-order valence-electron chi connectivity index (χ4n) is 4.40. The summed E-state index contributed by atoms with van der Waals surface area (Å²) in [6, 6.07) is 21.9. The second-order valence-corrected chi connectivity index (χ2v) is 8.56. The summed E-state index contributed by atoms with van der Waals surface area (Å²) in [5, 5.41) is 4.82. The molecule has 0 fully saturated rings. The zero-order valence-corrected chi connectivity index (χ0v) is 17.5. The van der Waals surface area contributed by atoms with E-state index in [1.54, 1.807) is 0 Å². The maximum Gasteiger partial charge on any atom is 0.216 e. The van der Waals surface area contributed by atoms with Gasteiger partial charge in [-0.05, 0) is 53.3 Å². The number of aromatic nitrogens is 1. The lowest BCUT2D eigenvalue weighted by molar-refractivity contribution is -0.660. The van der Waals surface area contributed by atoms with Crippen LogP contribution in [0.4, 0.5) is 0 Å². The highest BCUT2D eigenvalue weighted by Crippen LogP contribution is 2.38. The van der Waals surface area contributed by atoms with Crippen molar-refractivity contribution in [1.82, 2.24) is 0 Å². The lowest BCUT2D eigenvalue weighted by Gasteiger charge is -2.09. The van der Waals surface area contributed by atoms with Crippen LogP contribution in [0.5, 0.6) is 0 Å². The number of furan rings is 1. The molecule has 0 aliphatic carbocycles. The van der Waals surface area contributed by atoms with E-state index in [0.717, 1.165) is 17.6 Å². The van der Waals surface area contributed by atoms with Crippen LogP contribution in [0, 0.1) is 12.8 Å². The summed E-state index contributed by atoms with van der Waals surface area (Å²) in [5.41, 5.74) is 6.93. The van der Waals surface area contributed by atoms with Gasteiger partial charge in [0.15, 0.2) is 6.20 Å². The van der Waals surface area contributed by atoms with Crippen molar-refractivity contribution >= 4 is 32.7 Å². The first-order valence-corrected chi connectivity index (χ1v) is 10.3. The van der Waals surface area contributed by atoms with Gasteiger partial charge in [-0.2, -0.15) is 0 Å². The molecule has 144 valence electrons. The molecule has 0 saturated heterocycles. The Kier molecular flexibility index (Phi) is 4.16. The molecule has 0 aliphatic rings. The van der Waals surface area contributed by atoms with Gasteiger partial charge >= 0.3 is 0 Å². The van der Waals surface area contributed by atoms with E-state index in [2.05, 4.69) is 99.2 Å². The number of hydrogen-bond acceptors (Lipinski definition) is 1. The van der Waals surface area contributed by atoms with E-state index in [1.165, 1.54) is 43.9 Å². The topological polar surface area (TPSA) is 17.0 Å². The summed E-state index contributed by atoms with van der Waals surface area (Å²) in [6.07, 6.45) is 3.25. The van der Waals surface area contributed by atoms with Gasteiger partial charge in [-0.25, -0.2) is 4.57 Å². The fourth-order valence-corrected chi connectivity index (χ4v) is 4.40. The maximum absolute atomic E-state index is 6.49. The lowest BCUT2D eigenvalue weighted by atomic mass is 9.97. The molecule has 0 spiro atoms. The summed E-state index contributed by atoms with van der Waals surface area (Å²) in [6.45, 7) is 6.71. The molecule has 0 N–H and O–H groups in total. The molecular formula is C27H26NO+. The summed E-state index contributed by atoms with van der Waals surface area (Å²) in [7, 11) is 2.11. The van der Waals surface area contributed by atoms with Crippen LogP contribution in [0.1, 0.15) is 25.0 Å². The Balaban J connectivity index is 1.82. The van der Waals surface area contributed by atoms with Crippen molar-refractivity contribution in [3.63, 3.8) is 0 Å². The molecule has 2 heteroatoms. The number of fused-ring (bicyclic) bond motifs is 4. The SMILES string of the molecule is Cc1ccc2c(oc3cc4ccccc4cc32)c1-c1cc(CC(C)C)cc[n+]1C. The third-order valence-corrected chi connectivity index (χ3v) is 5.83. The van der Waals surface area contributed by atoms with E-state index in [1.807, 2.05) is 0 Å². The molecule has 2 heterocycles. The summed E-state index contributed by atoms with van der Waals surface area (Å²) in [4.78, 5) is 0. The molecule has 0 atom stereocenters.